The van der Waals surface area contributed by atoms with E-state index < -0.39 is 6.10 Å². The van der Waals surface area contributed by atoms with Crippen LogP contribution in [0.5, 0.6) is 0 Å². The van der Waals surface area contributed by atoms with E-state index >= 15 is 0 Å². The third kappa shape index (κ3) is 3.93. The number of benzene rings is 1. The lowest BCUT2D eigenvalue weighted by molar-refractivity contribution is 0.0911. The SMILES string of the molecule is O=C(NCC(O)c1cc(Cl)cc(Cl)c1)c1ccccn1. The predicted molar refractivity (Wildman–Crippen MR) is 78.0 cm³/mol. The summed E-state index contributed by atoms with van der Waals surface area (Å²) < 4.78 is 0. The molecule has 104 valence electrons. The molecule has 1 aromatic carbocycles. The molecule has 1 heterocycles. The molecule has 1 atom stereocenters. The highest BCUT2D eigenvalue weighted by molar-refractivity contribution is 6.34. The third-order valence-corrected chi connectivity index (χ3v) is 3.06. The van der Waals surface area contributed by atoms with E-state index in [0.717, 1.165) is 0 Å². The van der Waals surface area contributed by atoms with Gasteiger partial charge in [-0.15, -0.1) is 0 Å². The van der Waals surface area contributed by atoms with Gasteiger partial charge in [0.05, 0.1) is 6.10 Å². The smallest absolute Gasteiger partial charge is 0.269 e. The van der Waals surface area contributed by atoms with Crippen LogP contribution in [-0.4, -0.2) is 22.5 Å². The lowest BCUT2D eigenvalue weighted by Gasteiger charge is -2.13. The molecule has 0 aliphatic heterocycles. The third-order valence-electron chi connectivity index (χ3n) is 2.62. The summed E-state index contributed by atoms with van der Waals surface area (Å²) in [6.45, 7) is 0.0477. The van der Waals surface area contributed by atoms with Crippen LogP contribution in [0.1, 0.15) is 22.2 Å². The zero-order valence-corrected chi connectivity index (χ0v) is 11.9. The molecule has 20 heavy (non-hydrogen) atoms. The summed E-state index contributed by atoms with van der Waals surface area (Å²) in [5, 5.41) is 13.5. The van der Waals surface area contributed by atoms with Crippen molar-refractivity contribution in [3.63, 3.8) is 0 Å². The molecule has 0 bridgehead atoms. The van der Waals surface area contributed by atoms with Crippen molar-refractivity contribution >= 4 is 29.1 Å². The Hall–Kier alpha value is -1.62. The van der Waals surface area contributed by atoms with Crippen LogP contribution in [0, 0.1) is 0 Å². The van der Waals surface area contributed by atoms with Gasteiger partial charge in [-0.3, -0.25) is 9.78 Å². The Labute approximate surface area is 126 Å². The Balaban J connectivity index is 1.98. The average molecular weight is 311 g/mol. The highest BCUT2D eigenvalue weighted by Gasteiger charge is 2.12. The van der Waals surface area contributed by atoms with Gasteiger partial charge in [0.25, 0.3) is 5.91 Å². The maximum atomic E-state index is 11.8. The van der Waals surface area contributed by atoms with Gasteiger partial charge in [0.2, 0.25) is 0 Å². The van der Waals surface area contributed by atoms with Crippen molar-refractivity contribution in [3.05, 3.63) is 63.9 Å². The molecule has 0 aliphatic rings. The van der Waals surface area contributed by atoms with Gasteiger partial charge in [0, 0.05) is 22.8 Å². The molecular formula is C14H12Cl2N2O2. The Morgan fingerprint density at radius 2 is 1.95 bits per heavy atom. The van der Waals surface area contributed by atoms with Crippen LogP contribution in [0.15, 0.2) is 42.6 Å². The van der Waals surface area contributed by atoms with Gasteiger partial charge < -0.3 is 10.4 Å². The Bertz CT molecular complexity index is 585. The summed E-state index contributed by atoms with van der Waals surface area (Å²) >= 11 is 11.7. The van der Waals surface area contributed by atoms with Crippen molar-refractivity contribution in [3.8, 4) is 0 Å². The molecular weight excluding hydrogens is 299 g/mol. The number of pyridine rings is 1. The lowest BCUT2D eigenvalue weighted by Crippen LogP contribution is -2.29. The minimum absolute atomic E-state index is 0.0477. The molecule has 1 unspecified atom stereocenters. The van der Waals surface area contributed by atoms with Crippen LogP contribution < -0.4 is 5.32 Å². The summed E-state index contributed by atoms with van der Waals surface area (Å²) in [5.41, 5.74) is 0.840. The molecule has 2 aromatic rings. The number of amides is 1. The second kappa shape index (κ2) is 6.70. The first-order chi connectivity index (χ1) is 9.56. The summed E-state index contributed by atoms with van der Waals surface area (Å²) in [5.74, 6) is -0.349. The number of halogens is 2. The quantitative estimate of drug-likeness (QED) is 0.912. The van der Waals surface area contributed by atoms with Gasteiger partial charge in [-0.25, -0.2) is 0 Å². The fourth-order valence-corrected chi connectivity index (χ4v) is 2.21. The zero-order valence-electron chi connectivity index (χ0n) is 10.4. The van der Waals surface area contributed by atoms with Crippen LogP contribution in [0.3, 0.4) is 0 Å². The molecule has 0 spiro atoms. The molecule has 0 radical (unpaired) electrons. The number of nitrogens with zero attached hydrogens (tertiary/aromatic N) is 1. The molecule has 1 amide bonds. The molecule has 2 N–H and O–H groups in total. The molecule has 0 fully saturated rings. The highest BCUT2D eigenvalue weighted by Crippen LogP contribution is 2.23. The number of carbonyl (C=O) groups excluding carboxylic acids is 1. The number of carbonyl (C=O) groups is 1. The second-order valence-corrected chi connectivity index (χ2v) is 5.02. The highest BCUT2D eigenvalue weighted by atomic mass is 35.5. The van der Waals surface area contributed by atoms with Crippen LogP contribution in [0.4, 0.5) is 0 Å². The maximum Gasteiger partial charge on any atom is 0.269 e. The monoisotopic (exact) mass is 310 g/mol. The van der Waals surface area contributed by atoms with Crippen LogP contribution in [0.25, 0.3) is 0 Å². The predicted octanol–water partition coefficient (Wildman–Crippen LogP) is 2.85. The summed E-state index contributed by atoms with van der Waals surface area (Å²) in [6, 6.07) is 9.81. The normalized spacial score (nSPS) is 11.9. The lowest BCUT2D eigenvalue weighted by atomic mass is 10.1. The fraction of sp³-hybridized carbons (Fsp3) is 0.143. The van der Waals surface area contributed by atoms with Crippen LogP contribution >= 0.6 is 23.2 Å². The first-order valence-electron chi connectivity index (χ1n) is 5.89. The van der Waals surface area contributed by atoms with Gasteiger partial charge >= 0.3 is 0 Å². The minimum Gasteiger partial charge on any atom is -0.387 e. The molecule has 0 aliphatic carbocycles. The second-order valence-electron chi connectivity index (χ2n) is 4.14. The van der Waals surface area contributed by atoms with E-state index in [1.54, 1.807) is 36.4 Å². The average Bonchev–Trinajstić information content (AvgIpc) is 2.44. The van der Waals surface area contributed by atoms with Gasteiger partial charge in [0.1, 0.15) is 5.69 Å². The molecule has 4 nitrogen and oxygen atoms in total. The fourth-order valence-electron chi connectivity index (χ4n) is 1.66. The number of hydrogen-bond acceptors (Lipinski definition) is 3. The van der Waals surface area contributed by atoms with Crippen molar-refractivity contribution in [1.29, 1.82) is 0 Å². The van der Waals surface area contributed by atoms with Gasteiger partial charge in [-0.1, -0.05) is 29.3 Å². The number of nitrogens with one attached hydrogen (secondary N) is 1. The van der Waals surface area contributed by atoms with E-state index in [2.05, 4.69) is 10.3 Å². The molecule has 0 saturated heterocycles. The van der Waals surface area contributed by atoms with Crippen LogP contribution in [0.2, 0.25) is 10.0 Å². The van der Waals surface area contributed by atoms with Gasteiger partial charge in [-0.2, -0.15) is 0 Å². The summed E-state index contributed by atoms with van der Waals surface area (Å²) in [6.07, 6.45) is 0.640. The number of hydrogen-bond donors (Lipinski definition) is 2. The Morgan fingerprint density at radius 3 is 2.55 bits per heavy atom. The standard InChI is InChI=1S/C14H12Cl2N2O2/c15-10-5-9(6-11(16)7-10)13(19)8-18-14(20)12-3-1-2-4-17-12/h1-7,13,19H,8H2,(H,18,20). The van der Waals surface area contributed by atoms with Crippen molar-refractivity contribution in [2.75, 3.05) is 6.54 Å². The zero-order chi connectivity index (χ0) is 14.5. The summed E-state index contributed by atoms with van der Waals surface area (Å²) in [7, 11) is 0. The largest absolute Gasteiger partial charge is 0.387 e. The van der Waals surface area contributed by atoms with E-state index in [1.165, 1.54) is 6.20 Å². The van der Waals surface area contributed by atoms with Gasteiger partial charge in [0.15, 0.2) is 0 Å². The first-order valence-corrected chi connectivity index (χ1v) is 6.65. The molecule has 2 rings (SSSR count). The molecule has 6 heteroatoms. The molecule has 1 aromatic heterocycles. The number of aliphatic hydroxyl groups is 1. The maximum absolute atomic E-state index is 11.8. The van der Waals surface area contributed by atoms with E-state index in [9.17, 15) is 9.90 Å². The minimum atomic E-state index is -0.890. The number of aliphatic hydroxyl groups excluding tert-OH is 1. The van der Waals surface area contributed by atoms with E-state index in [0.29, 0.717) is 21.3 Å². The van der Waals surface area contributed by atoms with Crippen molar-refractivity contribution in [2.45, 2.75) is 6.10 Å². The number of aromatic nitrogens is 1. The van der Waals surface area contributed by atoms with E-state index in [1.807, 2.05) is 0 Å². The van der Waals surface area contributed by atoms with E-state index in [4.69, 9.17) is 23.2 Å². The molecule has 0 saturated carbocycles. The van der Waals surface area contributed by atoms with Crippen LogP contribution in [-0.2, 0) is 0 Å². The van der Waals surface area contributed by atoms with Crippen molar-refractivity contribution in [1.82, 2.24) is 10.3 Å². The summed E-state index contributed by atoms with van der Waals surface area (Å²) in [4.78, 5) is 15.7. The van der Waals surface area contributed by atoms with E-state index in [-0.39, 0.29) is 12.5 Å². The first kappa shape index (κ1) is 14.8. The van der Waals surface area contributed by atoms with Crippen molar-refractivity contribution in [2.24, 2.45) is 0 Å². The van der Waals surface area contributed by atoms with Crippen molar-refractivity contribution < 1.29 is 9.90 Å². The Morgan fingerprint density at radius 1 is 1.25 bits per heavy atom. The Kier molecular flexibility index (Phi) is 4.95. The van der Waals surface area contributed by atoms with Gasteiger partial charge in [-0.05, 0) is 35.9 Å². The topological polar surface area (TPSA) is 62.2 Å². The number of rotatable bonds is 4.